The van der Waals surface area contributed by atoms with Crippen LogP contribution in [-0.4, -0.2) is 24.0 Å². The summed E-state index contributed by atoms with van der Waals surface area (Å²) in [4.78, 5) is 23.2. The van der Waals surface area contributed by atoms with Crippen LogP contribution in [0.5, 0.6) is 0 Å². The van der Waals surface area contributed by atoms with Crippen molar-refractivity contribution in [2.45, 2.75) is 91.7 Å². The van der Waals surface area contributed by atoms with E-state index in [1.807, 2.05) is 0 Å². The maximum absolute atomic E-state index is 11.8. The van der Waals surface area contributed by atoms with Crippen molar-refractivity contribution in [3.63, 3.8) is 0 Å². The van der Waals surface area contributed by atoms with E-state index in [-0.39, 0.29) is 28.8 Å². The van der Waals surface area contributed by atoms with Gasteiger partial charge < -0.3 is 10.1 Å². The lowest BCUT2D eigenvalue weighted by molar-refractivity contribution is -0.148. The highest BCUT2D eigenvalue weighted by Gasteiger charge is 2.60. The van der Waals surface area contributed by atoms with Crippen molar-refractivity contribution in [1.29, 1.82) is 0 Å². The van der Waals surface area contributed by atoms with Gasteiger partial charge in [0.25, 0.3) is 0 Å². The minimum Gasteiger partial charge on any atom is -0.462 e. The molecule has 3 fully saturated rings. The fraction of sp³-hybridized carbons (Fsp3) is 0.833. The number of carbonyl (C=O) groups excluding carboxylic acids is 2. The maximum Gasteiger partial charge on any atom is 0.302 e. The Morgan fingerprint density at radius 3 is 2.57 bits per heavy atom. The Labute approximate surface area is 169 Å². The molecule has 0 spiro atoms. The van der Waals surface area contributed by atoms with Gasteiger partial charge in [0.1, 0.15) is 6.10 Å². The maximum atomic E-state index is 11.8. The van der Waals surface area contributed by atoms with E-state index >= 15 is 0 Å². The highest BCUT2D eigenvalue weighted by atomic mass is 16.5. The second-order valence-corrected chi connectivity index (χ2v) is 10.7. The zero-order chi connectivity index (χ0) is 20.3. The lowest BCUT2D eigenvalue weighted by Crippen LogP contribution is -2.54. The van der Waals surface area contributed by atoms with Crippen molar-refractivity contribution < 1.29 is 14.3 Å². The van der Waals surface area contributed by atoms with Gasteiger partial charge in [-0.05, 0) is 73.0 Å². The fourth-order valence-corrected chi connectivity index (χ4v) is 7.85. The number of ether oxygens (including phenoxy) is 1. The molecule has 4 heteroatoms. The molecular formula is C24H37NO3. The lowest BCUT2D eigenvalue weighted by Gasteiger charge is -2.58. The van der Waals surface area contributed by atoms with E-state index in [9.17, 15) is 9.59 Å². The van der Waals surface area contributed by atoms with Crippen molar-refractivity contribution in [1.82, 2.24) is 5.32 Å². The molecule has 1 N–H and O–H groups in total. The summed E-state index contributed by atoms with van der Waals surface area (Å²) >= 11 is 0. The second kappa shape index (κ2) is 6.88. The molecule has 0 unspecified atom stereocenters. The molecule has 28 heavy (non-hydrogen) atoms. The summed E-state index contributed by atoms with van der Waals surface area (Å²) in [6.07, 6.45) is 10.5. The molecule has 0 aromatic heterocycles. The molecule has 4 nitrogen and oxygen atoms in total. The molecule has 0 heterocycles. The first kappa shape index (κ1) is 20.0. The van der Waals surface area contributed by atoms with Gasteiger partial charge >= 0.3 is 5.97 Å². The van der Waals surface area contributed by atoms with Crippen LogP contribution in [-0.2, 0) is 14.3 Å². The van der Waals surface area contributed by atoms with Crippen LogP contribution in [0, 0.1) is 34.5 Å². The molecule has 0 aromatic rings. The average molecular weight is 388 g/mol. The third-order valence-corrected chi connectivity index (χ3v) is 9.09. The predicted molar refractivity (Wildman–Crippen MR) is 109 cm³/mol. The first-order chi connectivity index (χ1) is 13.1. The molecular weight excluding hydrogens is 350 g/mol. The molecule has 4 aliphatic carbocycles. The SMILES string of the molecule is CC(=O)N[C@@H]1[C@H](C)C[C@H]2[C@@H]3CC=C4C[C@@H](OC(C)=O)CC[C@]4(C)[C@H]3CC[C@]12C. The van der Waals surface area contributed by atoms with Gasteiger partial charge in [0.05, 0.1) is 0 Å². The number of hydrogen-bond donors (Lipinski definition) is 1. The van der Waals surface area contributed by atoms with Crippen molar-refractivity contribution >= 4 is 11.9 Å². The van der Waals surface area contributed by atoms with Gasteiger partial charge in [-0.25, -0.2) is 0 Å². The van der Waals surface area contributed by atoms with E-state index in [1.165, 1.54) is 26.2 Å². The minimum absolute atomic E-state index is 0.0675. The number of hydrogen-bond acceptors (Lipinski definition) is 3. The fourth-order valence-electron chi connectivity index (χ4n) is 7.85. The smallest absolute Gasteiger partial charge is 0.302 e. The highest BCUT2D eigenvalue weighted by Crippen LogP contribution is 2.65. The summed E-state index contributed by atoms with van der Waals surface area (Å²) in [6.45, 7) is 10.4. The number of fused-ring (bicyclic) bond motifs is 5. The van der Waals surface area contributed by atoms with E-state index in [0.717, 1.165) is 37.5 Å². The average Bonchev–Trinajstić information content (AvgIpc) is 2.85. The number of esters is 1. The highest BCUT2D eigenvalue weighted by molar-refractivity contribution is 5.73. The number of carbonyl (C=O) groups is 2. The van der Waals surface area contributed by atoms with Crippen LogP contribution >= 0.6 is 0 Å². The van der Waals surface area contributed by atoms with Crippen LogP contribution in [0.4, 0.5) is 0 Å². The number of amides is 1. The largest absolute Gasteiger partial charge is 0.462 e. The molecule has 3 saturated carbocycles. The van der Waals surface area contributed by atoms with E-state index in [1.54, 1.807) is 12.5 Å². The summed E-state index contributed by atoms with van der Waals surface area (Å²) in [7, 11) is 0. The zero-order valence-corrected chi connectivity index (χ0v) is 18.2. The number of nitrogens with one attached hydrogen (secondary N) is 1. The normalized spacial score (nSPS) is 47.2. The molecule has 0 radical (unpaired) electrons. The summed E-state index contributed by atoms with van der Waals surface area (Å²) in [5.74, 6) is 2.66. The first-order valence-electron chi connectivity index (χ1n) is 11.3. The Hall–Kier alpha value is -1.32. The van der Waals surface area contributed by atoms with E-state index < -0.39 is 0 Å². The van der Waals surface area contributed by atoms with Crippen molar-refractivity contribution in [2.24, 2.45) is 34.5 Å². The van der Waals surface area contributed by atoms with Crippen LogP contribution in [0.25, 0.3) is 0 Å². The molecule has 0 bridgehead atoms. The molecule has 0 saturated heterocycles. The Kier molecular flexibility index (Phi) is 4.91. The van der Waals surface area contributed by atoms with E-state index in [2.05, 4.69) is 32.2 Å². The zero-order valence-electron chi connectivity index (χ0n) is 18.2. The molecule has 0 aromatic carbocycles. The Morgan fingerprint density at radius 2 is 1.89 bits per heavy atom. The van der Waals surface area contributed by atoms with Crippen LogP contribution in [0.3, 0.4) is 0 Å². The summed E-state index contributed by atoms with van der Waals surface area (Å²) < 4.78 is 5.55. The Bertz CT molecular complexity index is 700. The number of allylic oxidation sites excluding steroid dienone is 1. The summed E-state index contributed by atoms with van der Waals surface area (Å²) in [5, 5.41) is 3.31. The van der Waals surface area contributed by atoms with Crippen LogP contribution < -0.4 is 5.32 Å². The molecule has 4 rings (SSSR count). The van der Waals surface area contributed by atoms with Gasteiger partial charge in [-0.2, -0.15) is 0 Å². The second-order valence-electron chi connectivity index (χ2n) is 10.7. The van der Waals surface area contributed by atoms with Gasteiger partial charge in [-0.1, -0.05) is 32.4 Å². The van der Waals surface area contributed by atoms with Gasteiger partial charge in [-0.3, -0.25) is 9.59 Å². The molecule has 0 aliphatic heterocycles. The molecule has 156 valence electrons. The first-order valence-corrected chi connectivity index (χ1v) is 11.3. The van der Waals surface area contributed by atoms with Crippen LogP contribution in [0.15, 0.2) is 11.6 Å². The van der Waals surface area contributed by atoms with Gasteiger partial charge in [0.2, 0.25) is 5.91 Å². The van der Waals surface area contributed by atoms with E-state index in [4.69, 9.17) is 4.74 Å². The topological polar surface area (TPSA) is 55.4 Å². The molecule has 1 amide bonds. The monoisotopic (exact) mass is 387 g/mol. The standard InChI is InChI=1S/C24H37NO3/c1-14-12-21-19-7-6-17-13-18(28-16(3)27)8-10-23(17,4)20(19)9-11-24(21,5)22(14)25-15(2)26/h6,14,18-22H,7-13H2,1-5H3,(H,25,26)/t14-,18+,19-,20+,21+,22-,23+,24+/m1/s1. The van der Waals surface area contributed by atoms with Crippen molar-refractivity contribution in [2.75, 3.05) is 0 Å². The Morgan fingerprint density at radius 1 is 1.14 bits per heavy atom. The third kappa shape index (κ3) is 3.02. The summed E-state index contributed by atoms with van der Waals surface area (Å²) in [5.41, 5.74) is 2.03. The van der Waals surface area contributed by atoms with Crippen LogP contribution in [0.1, 0.15) is 79.6 Å². The van der Waals surface area contributed by atoms with E-state index in [0.29, 0.717) is 17.9 Å². The molecule has 8 atom stereocenters. The quantitative estimate of drug-likeness (QED) is 0.555. The summed E-state index contributed by atoms with van der Waals surface area (Å²) in [6, 6.07) is 0.314. The van der Waals surface area contributed by atoms with Gasteiger partial charge in [0.15, 0.2) is 0 Å². The Balaban J connectivity index is 1.58. The minimum atomic E-state index is -0.153. The molecule has 4 aliphatic rings. The predicted octanol–water partition coefficient (Wildman–Crippen LogP) is 4.63. The number of rotatable bonds is 2. The van der Waals surface area contributed by atoms with Crippen molar-refractivity contribution in [3.8, 4) is 0 Å². The van der Waals surface area contributed by atoms with Crippen molar-refractivity contribution in [3.05, 3.63) is 11.6 Å². The lowest BCUT2D eigenvalue weighted by atomic mass is 9.48. The third-order valence-electron chi connectivity index (χ3n) is 9.09. The van der Waals surface area contributed by atoms with Crippen LogP contribution in [0.2, 0.25) is 0 Å². The van der Waals surface area contributed by atoms with Gasteiger partial charge in [-0.15, -0.1) is 0 Å². The van der Waals surface area contributed by atoms with Gasteiger partial charge in [0, 0.05) is 26.3 Å².